The molecule has 0 spiro atoms. The second-order valence-electron chi connectivity index (χ2n) is 9.17. The summed E-state index contributed by atoms with van der Waals surface area (Å²) in [5.41, 5.74) is 9.79. The van der Waals surface area contributed by atoms with Crippen LogP contribution in [0.5, 0.6) is 17.2 Å². The minimum absolute atomic E-state index is 0.0272. The van der Waals surface area contributed by atoms with E-state index in [4.69, 9.17) is 19.9 Å². The van der Waals surface area contributed by atoms with Gasteiger partial charge in [0.25, 0.3) is 5.69 Å². The van der Waals surface area contributed by atoms with Gasteiger partial charge in [0.15, 0.2) is 0 Å². The average Bonchev–Trinajstić information content (AvgIpc) is 2.96. The van der Waals surface area contributed by atoms with Crippen molar-refractivity contribution in [3.8, 4) is 23.3 Å². The van der Waals surface area contributed by atoms with E-state index in [0.29, 0.717) is 23.7 Å². The number of rotatable bonds is 7. The second-order valence-corrected chi connectivity index (χ2v) is 9.17. The number of fused-ring (bicyclic) bond motifs is 1. The molecule has 0 fully saturated rings. The van der Waals surface area contributed by atoms with E-state index in [-0.39, 0.29) is 28.5 Å². The summed E-state index contributed by atoms with van der Waals surface area (Å²) in [6.45, 7) is 2.41. The van der Waals surface area contributed by atoms with Crippen LogP contribution >= 0.6 is 0 Å². The Balaban J connectivity index is 1.41. The highest BCUT2D eigenvalue weighted by atomic mass is 16.6. The molecule has 0 amide bonds. The number of non-ortho nitro benzene ring substituents is 1. The zero-order valence-corrected chi connectivity index (χ0v) is 21.4. The molecule has 40 heavy (non-hydrogen) atoms. The van der Waals surface area contributed by atoms with Crippen LogP contribution in [0.2, 0.25) is 0 Å². The number of carbonyl (C=O) groups excluding carboxylic acids is 1. The van der Waals surface area contributed by atoms with Crippen molar-refractivity contribution in [3.63, 3.8) is 0 Å². The van der Waals surface area contributed by atoms with Gasteiger partial charge < -0.3 is 19.9 Å². The maximum absolute atomic E-state index is 12.6. The third kappa shape index (κ3) is 5.47. The molecule has 4 aromatic rings. The fraction of sp³-hybridized carbons (Fsp3) is 0.0968. The van der Waals surface area contributed by atoms with Gasteiger partial charge in [-0.05, 0) is 42.3 Å². The van der Waals surface area contributed by atoms with Crippen molar-refractivity contribution in [3.05, 3.63) is 140 Å². The highest BCUT2D eigenvalue weighted by molar-refractivity contribution is 5.91. The van der Waals surface area contributed by atoms with Crippen molar-refractivity contribution in [2.45, 2.75) is 19.4 Å². The van der Waals surface area contributed by atoms with Gasteiger partial charge in [-0.1, -0.05) is 54.1 Å². The van der Waals surface area contributed by atoms with Crippen LogP contribution in [0.3, 0.4) is 0 Å². The molecule has 0 bridgehead atoms. The lowest BCUT2D eigenvalue weighted by Gasteiger charge is -2.27. The quantitative estimate of drug-likeness (QED) is 0.134. The molecule has 0 saturated carbocycles. The summed E-state index contributed by atoms with van der Waals surface area (Å²) < 4.78 is 17.2. The van der Waals surface area contributed by atoms with Gasteiger partial charge in [0.2, 0.25) is 5.88 Å². The molecule has 4 aromatic carbocycles. The molecule has 5 rings (SSSR count). The molecule has 1 atom stereocenters. The minimum Gasteiger partial charge on any atom is -0.489 e. The molecular weight excluding hydrogens is 510 g/mol. The van der Waals surface area contributed by atoms with E-state index < -0.39 is 16.8 Å². The van der Waals surface area contributed by atoms with Gasteiger partial charge in [0.05, 0.1) is 16.4 Å². The number of carbonyl (C=O) groups is 1. The molecule has 9 nitrogen and oxygen atoms in total. The molecule has 0 radical (unpaired) electrons. The van der Waals surface area contributed by atoms with Gasteiger partial charge in [-0.2, -0.15) is 5.26 Å². The highest BCUT2D eigenvalue weighted by Crippen LogP contribution is 2.44. The van der Waals surface area contributed by atoms with E-state index in [2.05, 4.69) is 6.07 Å². The zero-order chi connectivity index (χ0) is 28.2. The molecule has 1 aliphatic heterocycles. The number of ether oxygens (including phenoxy) is 3. The Morgan fingerprint density at radius 2 is 1.80 bits per heavy atom. The zero-order valence-electron chi connectivity index (χ0n) is 21.4. The number of nitrogens with zero attached hydrogens (tertiary/aromatic N) is 2. The summed E-state index contributed by atoms with van der Waals surface area (Å²) in [6, 6.07) is 27.7. The van der Waals surface area contributed by atoms with Crippen molar-refractivity contribution in [1.29, 1.82) is 5.26 Å². The lowest BCUT2D eigenvalue weighted by Crippen LogP contribution is -2.21. The molecule has 0 saturated heterocycles. The summed E-state index contributed by atoms with van der Waals surface area (Å²) in [5.74, 6) is -0.277. The highest BCUT2D eigenvalue weighted by Gasteiger charge is 2.31. The monoisotopic (exact) mass is 533 g/mol. The molecule has 0 aromatic heterocycles. The maximum Gasteiger partial charge on any atom is 0.343 e. The van der Waals surface area contributed by atoms with E-state index >= 15 is 0 Å². The van der Waals surface area contributed by atoms with Crippen LogP contribution in [0.4, 0.5) is 5.69 Å². The van der Waals surface area contributed by atoms with E-state index in [9.17, 15) is 20.2 Å². The van der Waals surface area contributed by atoms with Gasteiger partial charge in [0.1, 0.15) is 35.5 Å². The number of nitro benzene ring substituents is 1. The third-order valence-corrected chi connectivity index (χ3v) is 6.41. The van der Waals surface area contributed by atoms with E-state index in [1.807, 2.05) is 55.5 Å². The lowest BCUT2D eigenvalue weighted by molar-refractivity contribution is -0.384. The van der Waals surface area contributed by atoms with Crippen LogP contribution in [-0.2, 0) is 6.61 Å². The van der Waals surface area contributed by atoms with Crippen LogP contribution in [0.15, 0.2) is 102 Å². The van der Waals surface area contributed by atoms with Crippen LogP contribution in [0, 0.1) is 28.4 Å². The molecule has 1 unspecified atom stereocenters. The van der Waals surface area contributed by atoms with E-state index in [1.54, 1.807) is 12.1 Å². The van der Waals surface area contributed by atoms with Crippen LogP contribution in [0.25, 0.3) is 0 Å². The first kappa shape index (κ1) is 26.0. The Morgan fingerprint density at radius 1 is 1.02 bits per heavy atom. The average molecular weight is 534 g/mol. The van der Waals surface area contributed by atoms with Crippen molar-refractivity contribution >= 4 is 11.7 Å². The lowest BCUT2D eigenvalue weighted by atomic mass is 9.83. The first-order chi connectivity index (χ1) is 19.3. The topological polar surface area (TPSA) is 138 Å². The number of hydrogen-bond donors (Lipinski definition) is 1. The number of aryl methyl sites for hydroxylation is 1. The summed E-state index contributed by atoms with van der Waals surface area (Å²) in [4.78, 5) is 23.1. The SMILES string of the molecule is Cc1ccc(COc2cccc(C3C(C#N)=C(N)Oc4cc(OC(=O)c5cccc([N+](=O)[O-])c5)ccc43)c2)cc1. The number of benzene rings is 4. The van der Waals surface area contributed by atoms with E-state index in [1.165, 1.54) is 29.8 Å². The van der Waals surface area contributed by atoms with Gasteiger partial charge in [-0.15, -0.1) is 0 Å². The summed E-state index contributed by atoms with van der Waals surface area (Å²) in [7, 11) is 0. The number of nitrogens with two attached hydrogens (primary N) is 1. The molecule has 0 aliphatic carbocycles. The molecule has 1 aliphatic rings. The van der Waals surface area contributed by atoms with Crippen LogP contribution in [0.1, 0.15) is 38.5 Å². The maximum atomic E-state index is 12.6. The Labute approximate surface area is 229 Å². The number of esters is 1. The largest absolute Gasteiger partial charge is 0.489 e. The van der Waals surface area contributed by atoms with Crippen molar-refractivity contribution < 1.29 is 23.9 Å². The number of nitro groups is 1. The first-order valence-electron chi connectivity index (χ1n) is 12.3. The van der Waals surface area contributed by atoms with Gasteiger partial charge in [-0.3, -0.25) is 10.1 Å². The molecule has 9 heteroatoms. The van der Waals surface area contributed by atoms with Gasteiger partial charge in [-0.25, -0.2) is 4.79 Å². The number of hydrogen-bond acceptors (Lipinski definition) is 8. The Kier molecular flexibility index (Phi) is 7.16. The summed E-state index contributed by atoms with van der Waals surface area (Å²) in [6.07, 6.45) is 0. The minimum atomic E-state index is -0.768. The Morgan fingerprint density at radius 3 is 2.55 bits per heavy atom. The van der Waals surface area contributed by atoms with Crippen molar-refractivity contribution in [2.24, 2.45) is 5.73 Å². The first-order valence-corrected chi connectivity index (χ1v) is 12.3. The Hall–Kier alpha value is -5.62. The second kappa shape index (κ2) is 11.0. The van der Waals surface area contributed by atoms with Crippen LogP contribution in [-0.4, -0.2) is 10.9 Å². The standard InChI is InChI=1S/C31H23N3O6/c1-19-8-10-20(11-9-19)18-38-24-7-3-4-21(15-24)29-26-13-12-25(16-28(26)40-30(33)27(29)17-32)39-31(35)22-5-2-6-23(14-22)34(36)37/h2-16,29H,18,33H2,1H3. The predicted molar refractivity (Wildman–Crippen MR) is 146 cm³/mol. The number of nitriles is 1. The van der Waals surface area contributed by atoms with Crippen molar-refractivity contribution in [2.75, 3.05) is 0 Å². The van der Waals surface area contributed by atoms with Crippen LogP contribution < -0.4 is 19.9 Å². The normalized spacial score (nSPS) is 13.9. The summed E-state index contributed by atoms with van der Waals surface area (Å²) in [5, 5.41) is 21.0. The molecule has 1 heterocycles. The molecular formula is C31H23N3O6. The predicted octanol–water partition coefficient (Wildman–Crippen LogP) is 5.92. The fourth-order valence-corrected chi connectivity index (χ4v) is 4.39. The smallest absolute Gasteiger partial charge is 0.343 e. The van der Waals surface area contributed by atoms with Gasteiger partial charge in [0, 0.05) is 23.8 Å². The third-order valence-electron chi connectivity index (χ3n) is 6.41. The molecule has 2 N–H and O–H groups in total. The van der Waals surface area contributed by atoms with Crippen molar-refractivity contribution in [1.82, 2.24) is 0 Å². The number of allylic oxidation sites excluding steroid dienone is 1. The van der Waals surface area contributed by atoms with E-state index in [0.717, 1.165) is 17.2 Å². The fourth-order valence-electron chi connectivity index (χ4n) is 4.39. The summed E-state index contributed by atoms with van der Waals surface area (Å²) >= 11 is 0. The Bertz CT molecular complexity index is 1690. The van der Waals surface area contributed by atoms with Gasteiger partial charge >= 0.3 is 5.97 Å². The molecule has 198 valence electrons.